The minimum atomic E-state index is -4.60. The lowest BCUT2D eigenvalue weighted by Gasteiger charge is -2.28. The molecule has 1 fully saturated rings. The van der Waals surface area contributed by atoms with E-state index in [0.717, 1.165) is 19.0 Å². The Morgan fingerprint density at radius 3 is 2.70 bits per heavy atom. The molecule has 0 unspecified atom stereocenters. The zero-order valence-electron chi connectivity index (χ0n) is 17.9. The number of anilines is 1. The standard InChI is InChI=1S/C21H21F3N8S/c1-10-3-4-12(7-25-10)29-20-27-9-15(21(22,23)24)17(31-20)14-8-26-18-13(14)5-6-16(30-18)19-28-11(2)32-33-19/h5-6,8-10,12,25H,3-4,7H2,1-2H3,(H,26,30)(H,27,29,31)/t10-,12-/m1/s1. The minimum Gasteiger partial charge on any atom is -0.350 e. The van der Waals surface area contributed by atoms with Gasteiger partial charge in [-0.3, -0.25) is 0 Å². The molecule has 3 N–H and O–H groups in total. The van der Waals surface area contributed by atoms with Crippen LogP contribution in [0.5, 0.6) is 0 Å². The quantitative estimate of drug-likeness (QED) is 0.402. The number of pyridine rings is 1. The number of rotatable bonds is 4. The Morgan fingerprint density at radius 2 is 2.00 bits per heavy atom. The fourth-order valence-electron chi connectivity index (χ4n) is 3.89. The molecule has 33 heavy (non-hydrogen) atoms. The van der Waals surface area contributed by atoms with Gasteiger partial charge in [-0.15, -0.1) is 0 Å². The second-order valence-electron chi connectivity index (χ2n) is 8.12. The molecule has 4 aromatic heterocycles. The van der Waals surface area contributed by atoms with E-state index in [0.29, 0.717) is 45.7 Å². The summed E-state index contributed by atoms with van der Waals surface area (Å²) in [6, 6.07) is 3.91. The predicted molar refractivity (Wildman–Crippen MR) is 120 cm³/mol. The Morgan fingerprint density at radius 1 is 1.15 bits per heavy atom. The average Bonchev–Trinajstić information content (AvgIpc) is 3.40. The van der Waals surface area contributed by atoms with E-state index in [2.05, 4.69) is 46.9 Å². The average molecular weight is 475 g/mol. The van der Waals surface area contributed by atoms with Gasteiger partial charge >= 0.3 is 6.18 Å². The second-order valence-corrected chi connectivity index (χ2v) is 8.88. The van der Waals surface area contributed by atoms with Gasteiger partial charge in [-0.25, -0.2) is 19.9 Å². The van der Waals surface area contributed by atoms with Crippen molar-refractivity contribution in [2.24, 2.45) is 0 Å². The van der Waals surface area contributed by atoms with Crippen LogP contribution in [0.4, 0.5) is 19.1 Å². The van der Waals surface area contributed by atoms with Crippen molar-refractivity contribution in [2.75, 3.05) is 11.9 Å². The van der Waals surface area contributed by atoms with Gasteiger partial charge in [0.05, 0.1) is 5.69 Å². The molecule has 12 heteroatoms. The first kappa shape index (κ1) is 21.7. The topological polar surface area (TPSA) is 104 Å². The number of nitrogens with one attached hydrogen (secondary N) is 3. The number of H-pyrrole nitrogens is 1. The van der Waals surface area contributed by atoms with Gasteiger partial charge in [0.2, 0.25) is 5.95 Å². The number of nitrogens with zero attached hydrogens (tertiary/aromatic N) is 5. The van der Waals surface area contributed by atoms with Gasteiger partial charge in [-0.2, -0.15) is 17.5 Å². The molecule has 0 aromatic carbocycles. The number of aromatic nitrogens is 6. The van der Waals surface area contributed by atoms with Gasteiger partial charge in [-0.05, 0) is 50.4 Å². The van der Waals surface area contributed by atoms with E-state index in [9.17, 15) is 13.2 Å². The molecule has 2 atom stereocenters. The molecule has 0 amide bonds. The molecular formula is C21H21F3N8S. The lowest BCUT2D eigenvalue weighted by atomic mass is 10.0. The summed E-state index contributed by atoms with van der Waals surface area (Å²) in [7, 11) is 0. The van der Waals surface area contributed by atoms with Gasteiger partial charge in [0.25, 0.3) is 0 Å². The SMILES string of the molecule is Cc1nsc(-c2ccc3c(-c4nc(N[C@@H]5CC[C@@H](C)NC5)ncc4C(F)(F)F)c[nH]c3n2)n1. The smallest absolute Gasteiger partial charge is 0.350 e. The first-order valence-corrected chi connectivity index (χ1v) is 11.3. The number of piperidine rings is 1. The van der Waals surface area contributed by atoms with Crippen molar-refractivity contribution in [3.63, 3.8) is 0 Å². The van der Waals surface area contributed by atoms with Crippen molar-refractivity contribution in [3.8, 4) is 22.0 Å². The first-order chi connectivity index (χ1) is 15.8. The molecule has 172 valence electrons. The number of alkyl halides is 3. The Labute approximate surface area is 191 Å². The van der Waals surface area contributed by atoms with Crippen molar-refractivity contribution in [1.29, 1.82) is 0 Å². The molecule has 0 aliphatic carbocycles. The Kier molecular flexibility index (Phi) is 5.49. The molecule has 5 heterocycles. The third kappa shape index (κ3) is 4.40. The molecule has 5 rings (SSSR count). The second kappa shape index (κ2) is 8.34. The highest BCUT2D eigenvalue weighted by Gasteiger charge is 2.36. The number of hydrogen-bond donors (Lipinski definition) is 3. The maximum Gasteiger partial charge on any atom is 0.419 e. The molecule has 0 saturated carbocycles. The van der Waals surface area contributed by atoms with Crippen LogP contribution in [0.25, 0.3) is 33.0 Å². The van der Waals surface area contributed by atoms with Gasteiger partial charge < -0.3 is 15.6 Å². The predicted octanol–water partition coefficient (Wildman–Crippen LogP) is 4.42. The largest absolute Gasteiger partial charge is 0.419 e. The van der Waals surface area contributed by atoms with Crippen molar-refractivity contribution in [3.05, 3.63) is 35.9 Å². The van der Waals surface area contributed by atoms with E-state index < -0.39 is 11.7 Å². The van der Waals surface area contributed by atoms with E-state index in [1.165, 1.54) is 17.7 Å². The zero-order chi connectivity index (χ0) is 23.2. The maximum atomic E-state index is 13.8. The summed E-state index contributed by atoms with van der Waals surface area (Å²) in [5.74, 6) is 0.810. The molecule has 8 nitrogen and oxygen atoms in total. The van der Waals surface area contributed by atoms with Crippen LogP contribution in [0.15, 0.2) is 24.5 Å². The number of aryl methyl sites for hydroxylation is 1. The normalized spacial score (nSPS) is 19.2. The molecule has 0 bridgehead atoms. The van der Waals surface area contributed by atoms with Crippen molar-refractivity contribution >= 4 is 28.5 Å². The summed E-state index contributed by atoms with van der Waals surface area (Å²) in [5.41, 5.74) is 0.271. The van der Waals surface area contributed by atoms with Crippen molar-refractivity contribution in [1.82, 2.24) is 34.6 Å². The van der Waals surface area contributed by atoms with Gasteiger partial charge in [0.1, 0.15) is 22.7 Å². The fraction of sp³-hybridized carbons (Fsp3) is 0.381. The van der Waals surface area contributed by atoms with Gasteiger partial charge in [0.15, 0.2) is 5.01 Å². The number of halogens is 3. The number of hydrogen-bond acceptors (Lipinski definition) is 8. The summed E-state index contributed by atoms with van der Waals surface area (Å²) in [6.07, 6.45) is -0.405. The highest BCUT2D eigenvalue weighted by Crippen LogP contribution is 2.39. The van der Waals surface area contributed by atoms with Gasteiger partial charge in [-0.1, -0.05) is 0 Å². The number of fused-ring (bicyclic) bond motifs is 1. The van der Waals surface area contributed by atoms with Crippen LogP contribution in [0, 0.1) is 6.92 Å². The van der Waals surface area contributed by atoms with E-state index >= 15 is 0 Å². The molecule has 4 aromatic rings. The van der Waals surface area contributed by atoms with Gasteiger partial charge in [0, 0.05) is 42.0 Å². The summed E-state index contributed by atoms with van der Waals surface area (Å²) in [6.45, 7) is 4.59. The van der Waals surface area contributed by atoms with Crippen LogP contribution in [0.1, 0.15) is 31.2 Å². The molecule has 0 spiro atoms. The highest BCUT2D eigenvalue weighted by atomic mass is 32.1. The van der Waals surface area contributed by atoms with E-state index in [1.54, 1.807) is 19.1 Å². The van der Waals surface area contributed by atoms with E-state index in [-0.39, 0.29) is 17.7 Å². The zero-order valence-corrected chi connectivity index (χ0v) is 18.7. The number of aromatic amines is 1. The minimum absolute atomic E-state index is 0.0494. The summed E-state index contributed by atoms with van der Waals surface area (Å²) >= 11 is 1.22. The van der Waals surface area contributed by atoms with Crippen LogP contribution >= 0.6 is 11.5 Å². The lowest BCUT2D eigenvalue weighted by Crippen LogP contribution is -2.43. The molecular weight excluding hydrogens is 453 g/mol. The highest BCUT2D eigenvalue weighted by molar-refractivity contribution is 7.09. The Bertz CT molecular complexity index is 1290. The Hall–Kier alpha value is -3.12. The molecule has 1 aliphatic heterocycles. The van der Waals surface area contributed by atoms with Crippen LogP contribution < -0.4 is 10.6 Å². The molecule has 1 aliphatic rings. The van der Waals surface area contributed by atoms with E-state index in [1.807, 2.05) is 0 Å². The van der Waals surface area contributed by atoms with Crippen LogP contribution in [-0.2, 0) is 6.18 Å². The maximum absolute atomic E-state index is 13.8. The summed E-state index contributed by atoms with van der Waals surface area (Å²) in [5, 5.41) is 7.70. The molecule has 1 saturated heterocycles. The third-order valence-corrected chi connectivity index (χ3v) is 6.46. The van der Waals surface area contributed by atoms with E-state index in [4.69, 9.17) is 0 Å². The first-order valence-electron chi connectivity index (χ1n) is 10.5. The van der Waals surface area contributed by atoms with Crippen molar-refractivity contribution < 1.29 is 13.2 Å². The van der Waals surface area contributed by atoms with Crippen LogP contribution in [-0.4, -0.2) is 47.9 Å². The van der Waals surface area contributed by atoms with Crippen LogP contribution in [0.3, 0.4) is 0 Å². The molecule has 0 radical (unpaired) electrons. The fourth-order valence-corrected chi connectivity index (χ4v) is 4.53. The lowest BCUT2D eigenvalue weighted by molar-refractivity contribution is -0.137. The monoisotopic (exact) mass is 474 g/mol. The Balaban J connectivity index is 1.53. The summed E-state index contributed by atoms with van der Waals surface area (Å²) in [4.78, 5) is 20.1. The van der Waals surface area contributed by atoms with Crippen LogP contribution in [0.2, 0.25) is 0 Å². The van der Waals surface area contributed by atoms with Crippen molar-refractivity contribution in [2.45, 2.75) is 44.9 Å². The third-order valence-electron chi connectivity index (χ3n) is 5.63. The summed E-state index contributed by atoms with van der Waals surface area (Å²) < 4.78 is 45.6.